The minimum Gasteiger partial charge on any atom is -0.497 e. The molecule has 0 aliphatic carbocycles. The lowest BCUT2D eigenvalue weighted by molar-refractivity contribution is 0.415. The lowest BCUT2D eigenvalue weighted by Gasteiger charge is -2.05. The van der Waals surface area contributed by atoms with Gasteiger partial charge in [-0.15, -0.1) is 0 Å². The molecule has 0 atom stereocenters. The maximum Gasteiger partial charge on any atom is 0.171 e. The summed E-state index contributed by atoms with van der Waals surface area (Å²) in [4.78, 5) is 8.98. The smallest absolute Gasteiger partial charge is 0.171 e. The van der Waals surface area contributed by atoms with Crippen LogP contribution >= 0.6 is 27.7 Å². The van der Waals surface area contributed by atoms with E-state index in [9.17, 15) is 0 Å². The van der Waals surface area contributed by atoms with Crippen molar-refractivity contribution in [2.24, 2.45) is 5.73 Å². The summed E-state index contributed by atoms with van der Waals surface area (Å²) in [6.07, 6.45) is 0. The SMILES string of the molecule is COc1ccc2nc(Sc3cc(Br)ccc3CN)[nH]c2c1. The van der Waals surface area contributed by atoms with Gasteiger partial charge in [-0.3, -0.25) is 0 Å². The number of nitrogens with two attached hydrogens (primary N) is 1. The van der Waals surface area contributed by atoms with Gasteiger partial charge in [0.1, 0.15) is 5.75 Å². The Labute approximate surface area is 135 Å². The highest BCUT2D eigenvalue weighted by Crippen LogP contribution is 2.32. The van der Waals surface area contributed by atoms with E-state index in [1.165, 1.54) is 0 Å². The molecule has 6 heteroatoms. The zero-order chi connectivity index (χ0) is 14.8. The summed E-state index contributed by atoms with van der Waals surface area (Å²) >= 11 is 5.07. The summed E-state index contributed by atoms with van der Waals surface area (Å²) in [6, 6.07) is 11.9. The lowest BCUT2D eigenvalue weighted by atomic mass is 10.2. The number of benzene rings is 2. The van der Waals surface area contributed by atoms with Crippen molar-refractivity contribution in [1.29, 1.82) is 0 Å². The lowest BCUT2D eigenvalue weighted by Crippen LogP contribution is -1.98. The predicted octanol–water partition coefficient (Wildman–Crippen LogP) is 3.94. The number of halogens is 1. The zero-order valence-corrected chi connectivity index (χ0v) is 13.8. The van der Waals surface area contributed by atoms with Crippen molar-refractivity contribution in [2.75, 3.05) is 7.11 Å². The molecular weight excluding hydrogens is 350 g/mol. The van der Waals surface area contributed by atoms with E-state index in [2.05, 4.69) is 32.0 Å². The zero-order valence-electron chi connectivity index (χ0n) is 11.4. The summed E-state index contributed by atoms with van der Waals surface area (Å²) in [5.74, 6) is 0.813. The van der Waals surface area contributed by atoms with E-state index < -0.39 is 0 Å². The number of methoxy groups -OCH3 is 1. The number of aromatic nitrogens is 2. The van der Waals surface area contributed by atoms with E-state index in [0.29, 0.717) is 6.54 Å². The average Bonchev–Trinajstić information content (AvgIpc) is 2.88. The van der Waals surface area contributed by atoms with E-state index in [0.717, 1.165) is 36.9 Å². The van der Waals surface area contributed by atoms with E-state index in [1.807, 2.05) is 30.3 Å². The van der Waals surface area contributed by atoms with Gasteiger partial charge in [-0.05, 0) is 29.8 Å². The molecular formula is C15H14BrN3OS. The van der Waals surface area contributed by atoms with Crippen molar-refractivity contribution < 1.29 is 4.74 Å². The summed E-state index contributed by atoms with van der Waals surface area (Å²) < 4.78 is 6.25. The first-order chi connectivity index (χ1) is 10.2. The fourth-order valence-electron chi connectivity index (χ4n) is 2.04. The molecule has 0 unspecified atom stereocenters. The third kappa shape index (κ3) is 3.07. The van der Waals surface area contributed by atoms with E-state index in [-0.39, 0.29) is 0 Å². The Morgan fingerprint density at radius 1 is 1.29 bits per heavy atom. The van der Waals surface area contributed by atoms with Crippen molar-refractivity contribution in [2.45, 2.75) is 16.6 Å². The maximum absolute atomic E-state index is 5.79. The van der Waals surface area contributed by atoms with Gasteiger partial charge in [0.25, 0.3) is 0 Å². The standard InChI is InChI=1S/C15H14BrN3OS/c1-20-11-4-5-12-13(7-11)19-15(18-12)21-14-6-10(16)3-2-9(14)8-17/h2-7H,8,17H2,1H3,(H,18,19). The molecule has 0 aliphatic heterocycles. The molecule has 1 aromatic heterocycles. The Hall–Kier alpha value is -1.50. The van der Waals surface area contributed by atoms with Gasteiger partial charge in [-0.2, -0.15) is 0 Å². The van der Waals surface area contributed by atoms with E-state index in [1.54, 1.807) is 18.9 Å². The second kappa shape index (κ2) is 6.09. The first-order valence-electron chi connectivity index (χ1n) is 6.39. The Morgan fingerprint density at radius 2 is 2.14 bits per heavy atom. The van der Waals surface area contributed by atoms with Gasteiger partial charge in [-0.1, -0.05) is 33.8 Å². The third-order valence-corrected chi connectivity index (χ3v) is 4.60. The summed E-state index contributed by atoms with van der Waals surface area (Å²) in [6.45, 7) is 0.504. The van der Waals surface area contributed by atoms with Crippen LogP contribution in [0.25, 0.3) is 11.0 Å². The van der Waals surface area contributed by atoms with Crippen LogP contribution in [-0.4, -0.2) is 17.1 Å². The van der Waals surface area contributed by atoms with Crippen LogP contribution in [0.4, 0.5) is 0 Å². The van der Waals surface area contributed by atoms with Gasteiger partial charge in [0.2, 0.25) is 0 Å². The van der Waals surface area contributed by atoms with Crippen molar-refractivity contribution in [3.63, 3.8) is 0 Å². The Morgan fingerprint density at radius 3 is 2.90 bits per heavy atom. The van der Waals surface area contributed by atoms with Crippen LogP contribution in [0.5, 0.6) is 5.75 Å². The highest BCUT2D eigenvalue weighted by Gasteiger charge is 2.09. The van der Waals surface area contributed by atoms with Crippen LogP contribution in [0.2, 0.25) is 0 Å². The molecule has 1 heterocycles. The Bertz CT molecular complexity index is 788. The number of hydrogen-bond donors (Lipinski definition) is 2. The Kier molecular flexibility index (Phi) is 4.19. The number of rotatable bonds is 4. The quantitative estimate of drug-likeness (QED) is 0.736. The fraction of sp³-hybridized carbons (Fsp3) is 0.133. The molecule has 0 saturated heterocycles. The van der Waals surface area contributed by atoms with Crippen LogP contribution in [0.1, 0.15) is 5.56 Å². The normalized spacial score (nSPS) is 11.0. The molecule has 0 bridgehead atoms. The monoisotopic (exact) mass is 363 g/mol. The molecule has 0 spiro atoms. The molecule has 21 heavy (non-hydrogen) atoms. The van der Waals surface area contributed by atoms with Gasteiger partial charge in [-0.25, -0.2) is 4.98 Å². The van der Waals surface area contributed by atoms with Gasteiger partial charge < -0.3 is 15.5 Å². The number of fused-ring (bicyclic) bond motifs is 1. The minimum atomic E-state index is 0.504. The van der Waals surface area contributed by atoms with Crippen molar-refractivity contribution in [3.05, 3.63) is 46.4 Å². The molecule has 4 nitrogen and oxygen atoms in total. The number of H-pyrrole nitrogens is 1. The van der Waals surface area contributed by atoms with Crippen LogP contribution in [-0.2, 0) is 6.54 Å². The summed E-state index contributed by atoms with van der Waals surface area (Å²) in [5.41, 5.74) is 8.77. The van der Waals surface area contributed by atoms with E-state index >= 15 is 0 Å². The van der Waals surface area contributed by atoms with Gasteiger partial charge in [0.05, 0.1) is 18.1 Å². The van der Waals surface area contributed by atoms with Gasteiger partial charge >= 0.3 is 0 Å². The molecule has 0 fully saturated rings. The second-order valence-electron chi connectivity index (χ2n) is 4.48. The van der Waals surface area contributed by atoms with Crippen LogP contribution in [0.3, 0.4) is 0 Å². The molecule has 3 rings (SSSR count). The summed E-state index contributed by atoms with van der Waals surface area (Å²) in [5, 5.41) is 0.839. The molecule has 108 valence electrons. The second-order valence-corrected chi connectivity index (χ2v) is 6.43. The van der Waals surface area contributed by atoms with Crippen LogP contribution in [0, 0.1) is 0 Å². The maximum atomic E-state index is 5.79. The highest BCUT2D eigenvalue weighted by molar-refractivity contribution is 9.10. The number of hydrogen-bond acceptors (Lipinski definition) is 4. The highest BCUT2D eigenvalue weighted by atomic mass is 79.9. The Balaban J connectivity index is 1.96. The largest absolute Gasteiger partial charge is 0.497 e. The number of nitrogens with zero attached hydrogens (tertiary/aromatic N) is 1. The predicted molar refractivity (Wildman–Crippen MR) is 88.8 cm³/mol. The molecule has 0 amide bonds. The first kappa shape index (κ1) is 14.4. The first-order valence-corrected chi connectivity index (χ1v) is 8.00. The molecule has 0 radical (unpaired) electrons. The van der Waals surface area contributed by atoms with Crippen LogP contribution < -0.4 is 10.5 Å². The number of nitrogens with one attached hydrogen (secondary N) is 1. The number of aromatic amines is 1. The third-order valence-electron chi connectivity index (χ3n) is 3.12. The van der Waals surface area contributed by atoms with E-state index in [4.69, 9.17) is 10.5 Å². The minimum absolute atomic E-state index is 0.504. The molecule has 3 N–H and O–H groups in total. The average molecular weight is 364 g/mol. The number of ether oxygens (including phenoxy) is 1. The van der Waals surface area contributed by atoms with Crippen LogP contribution in [0.15, 0.2) is 50.9 Å². The van der Waals surface area contributed by atoms with Gasteiger partial charge in [0, 0.05) is 22.0 Å². The molecule has 2 aromatic carbocycles. The van der Waals surface area contributed by atoms with Crippen molar-refractivity contribution >= 4 is 38.7 Å². The van der Waals surface area contributed by atoms with Crippen molar-refractivity contribution in [1.82, 2.24) is 9.97 Å². The molecule has 0 saturated carbocycles. The molecule has 3 aromatic rings. The van der Waals surface area contributed by atoms with Gasteiger partial charge in [0.15, 0.2) is 5.16 Å². The molecule has 0 aliphatic rings. The van der Waals surface area contributed by atoms with Crippen molar-refractivity contribution in [3.8, 4) is 5.75 Å². The summed E-state index contributed by atoms with van der Waals surface area (Å²) in [7, 11) is 1.65. The fourth-order valence-corrected chi connectivity index (χ4v) is 3.53. The topological polar surface area (TPSA) is 63.9 Å². The number of imidazole rings is 1.